The first-order valence-electron chi connectivity index (χ1n) is 4.81. The maximum absolute atomic E-state index is 5.45. The number of aromatic nitrogens is 1. The van der Waals surface area contributed by atoms with Crippen molar-refractivity contribution in [2.45, 2.75) is 13.5 Å². The Balaban J connectivity index is 2.21. The largest absolute Gasteiger partial charge is 0.444 e. The van der Waals surface area contributed by atoms with E-state index in [4.69, 9.17) is 4.42 Å². The summed E-state index contributed by atoms with van der Waals surface area (Å²) in [5.41, 5.74) is 1.91. The Labute approximate surface area is 115 Å². The molecule has 0 spiro atoms. The quantitative estimate of drug-likeness (QED) is 0.888. The van der Waals surface area contributed by atoms with Crippen molar-refractivity contribution in [1.29, 1.82) is 0 Å². The van der Waals surface area contributed by atoms with Crippen LogP contribution in [0, 0.1) is 0 Å². The maximum Gasteiger partial charge on any atom is 0.228 e. The molecule has 0 unspecified atom stereocenters. The van der Waals surface area contributed by atoms with Crippen molar-refractivity contribution in [2.24, 2.45) is 0 Å². The van der Waals surface area contributed by atoms with E-state index < -0.39 is 0 Å². The van der Waals surface area contributed by atoms with Gasteiger partial charge in [0.1, 0.15) is 6.26 Å². The number of thiophene rings is 1. The van der Waals surface area contributed by atoms with Crippen LogP contribution in [0.3, 0.4) is 0 Å². The van der Waals surface area contributed by atoms with Gasteiger partial charge >= 0.3 is 0 Å². The van der Waals surface area contributed by atoms with Crippen molar-refractivity contribution in [2.75, 3.05) is 6.54 Å². The van der Waals surface area contributed by atoms with Gasteiger partial charge in [0.25, 0.3) is 0 Å². The maximum atomic E-state index is 5.45. The van der Waals surface area contributed by atoms with Crippen LogP contribution in [0.25, 0.3) is 11.5 Å². The van der Waals surface area contributed by atoms with Crippen LogP contribution in [0.5, 0.6) is 0 Å². The summed E-state index contributed by atoms with van der Waals surface area (Å²) in [6, 6.07) is 2.00. The first-order chi connectivity index (χ1) is 7.70. The summed E-state index contributed by atoms with van der Waals surface area (Å²) < 4.78 is 7.53. The molecule has 3 nitrogen and oxygen atoms in total. The van der Waals surface area contributed by atoms with Gasteiger partial charge in [0.15, 0.2) is 0 Å². The normalized spacial score (nSPS) is 10.9. The Hall–Kier alpha value is -0.170. The molecule has 0 radical (unpaired) electrons. The third-order valence-corrected chi connectivity index (χ3v) is 4.33. The highest BCUT2D eigenvalue weighted by Crippen LogP contribution is 2.37. The van der Waals surface area contributed by atoms with Gasteiger partial charge in [-0.05, 0) is 44.5 Å². The fourth-order valence-corrected chi connectivity index (χ4v) is 4.03. The van der Waals surface area contributed by atoms with Gasteiger partial charge in [0.05, 0.1) is 18.8 Å². The van der Waals surface area contributed by atoms with Crippen molar-refractivity contribution in [3.8, 4) is 11.5 Å². The first kappa shape index (κ1) is 12.3. The van der Waals surface area contributed by atoms with Crippen LogP contribution in [0.2, 0.25) is 0 Å². The predicted octanol–water partition coefficient (Wildman–Crippen LogP) is 4.04. The molecule has 0 saturated carbocycles. The average Bonchev–Trinajstić information content (AvgIpc) is 2.82. The van der Waals surface area contributed by atoms with Gasteiger partial charge in [0, 0.05) is 6.54 Å². The second-order valence-corrected chi connectivity index (χ2v) is 6.91. The van der Waals surface area contributed by atoms with Gasteiger partial charge < -0.3 is 9.73 Å². The summed E-state index contributed by atoms with van der Waals surface area (Å²) in [5, 5.41) is 3.21. The van der Waals surface area contributed by atoms with Gasteiger partial charge in [-0.1, -0.05) is 6.92 Å². The number of hydrogen-bond acceptors (Lipinski definition) is 4. The SMILES string of the molecule is CCNCc1coc(-c2cc(Br)sc2Br)n1. The van der Waals surface area contributed by atoms with E-state index in [1.807, 2.05) is 6.07 Å². The molecule has 0 atom stereocenters. The molecular weight excluding hydrogens is 356 g/mol. The number of hydrogen-bond donors (Lipinski definition) is 1. The highest BCUT2D eigenvalue weighted by Gasteiger charge is 2.13. The Morgan fingerprint density at radius 2 is 2.31 bits per heavy atom. The molecule has 0 bridgehead atoms. The summed E-state index contributed by atoms with van der Waals surface area (Å²) in [4.78, 5) is 4.42. The molecule has 0 amide bonds. The lowest BCUT2D eigenvalue weighted by molar-refractivity contribution is 0.570. The third kappa shape index (κ3) is 2.74. The number of rotatable bonds is 4. The highest BCUT2D eigenvalue weighted by molar-refractivity contribution is 9.12. The Morgan fingerprint density at radius 3 is 2.94 bits per heavy atom. The van der Waals surface area contributed by atoms with Gasteiger partial charge in [-0.25, -0.2) is 4.98 Å². The van der Waals surface area contributed by atoms with Crippen molar-refractivity contribution in [1.82, 2.24) is 10.3 Å². The molecule has 0 fully saturated rings. The topological polar surface area (TPSA) is 38.1 Å². The van der Waals surface area contributed by atoms with Crippen LogP contribution in [0.4, 0.5) is 0 Å². The van der Waals surface area contributed by atoms with Crippen LogP contribution in [0.15, 0.2) is 24.3 Å². The minimum absolute atomic E-state index is 0.654. The van der Waals surface area contributed by atoms with Gasteiger partial charge in [-0.2, -0.15) is 0 Å². The lowest BCUT2D eigenvalue weighted by Crippen LogP contribution is -2.11. The fraction of sp³-hybridized carbons (Fsp3) is 0.300. The highest BCUT2D eigenvalue weighted by atomic mass is 79.9. The molecule has 16 heavy (non-hydrogen) atoms. The van der Waals surface area contributed by atoms with Crippen LogP contribution in [0.1, 0.15) is 12.6 Å². The predicted molar refractivity (Wildman–Crippen MR) is 72.6 cm³/mol. The zero-order chi connectivity index (χ0) is 11.5. The molecule has 2 heterocycles. The molecule has 0 saturated heterocycles. The number of nitrogens with one attached hydrogen (secondary N) is 1. The second-order valence-electron chi connectivity index (χ2n) is 3.16. The molecular formula is C10H10Br2N2OS. The third-order valence-electron chi connectivity index (χ3n) is 1.99. The van der Waals surface area contributed by atoms with E-state index >= 15 is 0 Å². The first-order valence-corrected chi connectivity index (χ1v) is 7.21. The minimum atomic E-state index is 0.654. The molecule has 0 aliphatic rings. The summed E-state index contributed by atoms with van der Waals surface area (Å²) in [6.07, 6.45) is 1.69. The Kier molecular flexibility index (Phi) is 4.18. The molecule has 0 aliphatic carbocycles. The number of oxazole rings is 1. The summed E-state index contributed by atoms with van der Waals surface area (Å²) >= 11 is 8.53. The summed E-state index contributed by atoms with van der Waals surface area (Å²) in [6.45, 7) is 3.73. The molecule has 1 N–H and O–H groups in total. The number of nitrogens with zero attached hydrogens (tertiary/aromatic N) is 1. The van der Waals surface area contributed by atoms with Crippen molar-refractivity contribution >= 4 is 43.2 Å². The molecule has 0 aliphatic heterocycles. The lowest BCUT2D eigenvalue weighted by Gasteiger charge is -1.94. The van der Waals surface area contributed by atoms with Crippen LogP contribution >= 0.6 is 43.2 Å². The smallest absolute Gasteiger partial charge is 0.228 e. The van der Waals surface area contributed by atoms with E-state index in [1.54, 1.807) is 17.6 Å². The zero-order valence-electron chi connectivity index (χ0n) is 8.59. The van der Waals surface area contributed by atoms with Crippen LogP contribution < -0.4 is 5.32 Å². The van der Waals surface area contributed by atoms with E-state index in [-0.39, 0.29) is 0 Å². The van der Waals surface area contributed by atoms with Crippen molar-refractivity contribution in [3.05, 3.63) is 25.6 Å². The van der Waals surface area contributed by atoms with Gasteiger partial charge in [-0.15, -0.1) is 11.3 Å². The monoisotopic (exact) mass is 364 g/mol. The van der Waals surface area contributed by atoms with Crippen LogP contribution in [-0.2, 0) is 6.54 Å². The number of halogens is 2. The van der Waals surface area contributed by atoms with E-state index in [0.717, 1.165) is 31.9 Å². The summed E-state index contributed by atoms with van der Waals surface area (Å²) in [5.74, 6) is 0.654. The van der Waals surface area contributed by atoms with Gasteiger partial charge in [0.2, 0.25) is 5.89 Å². The fourth-order valence-electron chi connectivity index (χ4n) is 1.25. The van der Waals surface area contributed by atoms with Crippen molar-refractivity contribution < 1.29 is 4.42 Å². The van der Waals surface area contributed by atoms with Crippen molar-refractivity contribution in [3.63, 3.8) is 0 Å². The Bertz CT molecular complexity index is 481. The van der Waals surface area contributed by atoms with E-state index in [1.165, 1.54) is 0 Å². The van der Waals surface area contributed by atoms with E-state index in [0.29, 0.717) is 5.89 Å². The molecule has 86 valence electrons. The molecule has 0 aromatic carbocycles. The Morgan fingerprint density at radius 1 is 1.50 bits per heavy atom. The molecule has 2 aromatic rings. The molecule has 2 aromatic heterocycles. The molecule has 2 rings (SSSR count). The van der Waals surface area contributed by atoms with E-state index in [2.05, 4.69) is 49.1 Å². The lowest BCUT2D eigenvalue weighted by atomic mass is 10.3. The molecule has 6 heteroatoms. The second kappa shape index (κ2) is 5.44. The zero-order valence-corrected chi connectivity index (χ0v) is 12.6. The summed E-state index contributed by atoms with van der Waals surface area (Å²) in [7, 11) is 0. The average molecular weight is 366 g/mol. The van der Waals surface area contributed by atoms with E-state index in [9.17, 15) is 0 Å². The van der Waals surface area contributed by atoms with Gasteiger partial charge in [-0.3, -0.25) is 0 Å². The standard InChI is InChI=1S/C10H10Br2N2OS/c1-2-13-4-6-5-15-10(14-6)7-3-8(11)16-9(7)12/h3,5,13H,2,4H2,1H3. The van der Waals surface area contributed by atoms with Crippen LogP contribution in [-0.4, -0.2) is 11.5 Å². The minimum Gasteiger partial charge on any atom is -0.444 e.